The monoisotopic (exact) mass is 447 g/mol. The van der Waals surface area contributed by atoms with E-state index in [9.17, 15) is 4.79 Å². The largest absolute Gasteiger partial charge is 0.497 e. The van der Waals surface area contributed by atoms with Gasteiger partial charge in [0.15, 0.2) is 11.5 Å². The first-order valence-electron chi connectivity index (χ1n) is 8.72. The SMILES string of the molecule is C#CCON(C(=N)c1c(Cl)cccc1Cl)C(=O)C(=NOCC)c1ccc(OC)cc1. The molecule has 0 heterocycles. The van der Waals surface area contributed by atoms with Gasteiger partial charge in [-0.3, -0.25) is 15.0 Å². The normalized spacial score (nSPS) is 10.8. The molecule has 0 aliphatic heterocycles. The van der Waals surface area contributed by atoms with Crippen LogP contribution in [0.3, 0.4) is 0 Å². The summed E-state index contributed by atoms with van der Waals surface area (Å²) in [5.41, 5.74) is 0.419. The molecule has 0 aliphatic carbocycles. The molecule has 2 aromatic rings. The van der Waals surface area contributed by atoms with E-state index in [2.05, 4.69) is 11.1 Å². The number of carbonyl (C=O) groups is 1. The highest BCUT2D eigenvalue weighted by Crippen LogP contribution is 2.26. The zero-order valence-corrected chi connectivity index (χ0v) is 17.8. The predicted octanol–water partition coefficient (Wildman–Crippen LogP) is 4.16. The third kappa shape index (κ3) is 5.51. The predicted molar refractivity (Wildman–Crippen MR) is 116 cm³/mol. The van der Waals surface area contributed by atoms with E-state index in [1.807, 2.05) is 0 Å². The molecule has 0 spiro atoms. The van der Waals surface area contributed by atoms with Crippen LogP contribution in [0.2, 0.25) is 10.0 Å². The highest BCUT2D eigenvalue weighted by Gasteiger charge is 2.29. The maximum absolute atomic E-state index is 13.3. The molecular formula is C21H19Cl2N3O4. The van der Waals surface area contributed by atoms with Gasteiger partial charge in [-0.05, 0) is 43.3 Å². The van der Waals surface area contributed by atoms with Gasteiger partial charge in [-0.1, -0.05) is 40.3 Å². The summed E-state index contributed by atoms with van der Waals surface area (Å²) in [5.74, 6) is 1.67. The lowest BCUT2D eigenvalue weighted by molar-refractivity contribution is -0.151. The third-order valence-electron chi connectivity index (χ3n) is 3.72. The molecule has 9 heteroatoms. The van der Waals surface area contributed by atoms with Gasteiger partial charge in [0.05, 0.1) is 22.7 Å². The Balaban J connectivity index is 2.50. The first-order valence-corrected chi connectivity index (χ1v) is 9.48. The summed E-state index contributed by atoms with van der Waals surface area (Å²) < 4.78 is 5.14. The van der Waals surface area contributed by atoms with Crippen molar-refractivity contribution in [2.45, 2.75) is 6.92 Å². The summed E-state index contributed by atoms with van der Waals surface area (Å²) in [7, 11) is 1.53. The second-order valence-corrected chi connectivity index (χ2v) is 6.42. The molecule has 0 saturated carbocycles. The van der Waals surface area contributed by atoms with E-state index in [4.69, 9.17) is 49.4 Å². The van der Waals surface area contributed by atoms with Gasteiger partial charge in [0, 0.05) is 5.56 Å². The lowest BCUT2D eigenvalue weighted by atomic mass is 10.1. The molecule has 156 valence electrons. The standard InChI is InChI=1S/C21H19Cl2N3O4/c1-4-13-30-26(20(24)18-16(22)7-6-8-17(18)23)21(27)19(25-29-5-2)14-9-11-15(28-3)12-10-14/h1,6-12,24H,5,13H2,2-3H3. The number of carbonyl (C=O) groups excluding carboxylic acids is 1. The molecule has 30 heavy (non-hydrogen) atoms. The molecule has 2 rings (SSSR count). The lowest BCUT2D eigenvalue weighted by Crippen LogP contribution is -2.42. The summed E-state index contributed by atoms with van der Waals surface area (Å²) in [4.78, 5) is 23.8. The van der Waals surface area contributed by atoms with Gasteiger partial charge in [0.25, 0.3) is 0 Å². The number of hydroxylamine groups is 2. The van der Waals surface area contributed by atoms with Crippen molar-refractivity contribution in [2.75, 3.05) is 20.3 Å². The van der Waals surface area contributed by atoms with Gasteiger partial charge in [-0.25, -0.2) is 0 Å². The molecule has 0 radical (unpaired) electrons. The van der Waals surface area contributed by atoms with E-state index in [1.165, 1.54) is 7.11 Å². The van der Waals surface area contributed by atoms with Gasteiger partial charge >= 0.3 is 5.91 Å². The van der Waals surface area contributed by atoms with Crippen LogP contribution in [0.4, 0.5) is 0 Å². The van der Waals surface area contributed by atoms with Crippen LogP contribution in [0.25, 0.3) is 0 Å². The molecule has 0 bridgehead atoms. The molecule has 1 N–H and O–H groups in total. The van der Waals surface area contributed by atoms with E-state index < -0.39 is 11.7 Å². The minimum Gasteiger partial charge on any atom is -0.497 e. The minimum atomic E-state index is -0.787. The average molecular weight is 448 g/mol. The number of ether oxygens (including phenoxy) is 1. The number of methoxy groups -OCH3 is 1. The molecular weight excluding hydrogens is 429 g/mol. The molecule has 0 saturated heterocycles. The number of nitrogens with one attached hydrogen (secondary N) is 1. The maximum Gasteiger partial charge on any atom is 0.306 e. The number of nitrogens with zero attached hydrogens (tertiary/aromatic N) is 2. The zero-order chi connectivity index (χ0) is 22.1. The second-order valence-electron chi connectivity index (χ2n) is 5.61. The molecule has 0 fully saturated rings. The maximum atomic E-state index is 13.3. The van der Waals surface area contributed by atoms with E-state index in [1.54, 1.807) is 49.4 Å². The number of hydrogen-bond donors (Lipinski definition) is 1. The summed E-state index contributed by atoms with van der Waals surface area (Å²) in [6, 6.07) is 11.3. The Bertz CT molecular complexity index is 964. The van der Waals surface area contributed by atoms with Crippen molar-refractivity contribution >= 4 is 40.7 Å². The number of hydrogen-bond acceptors (Lipinski definition) is 6. The fourth-order valence-electron chi connectivity index (χ4n) is 2.34. The van der Waals surface area contributed by atoms with Crippen LogP contribution in [0.15, 0.2) is 47.6 Å². The number of rotatable bonds is 8. The Morgan fingerprint density at radius 3 is 2.37 bits per heavy atom. The first-order chi connectivity index (χ1) is 14.4. The Morgan fingerprint density at radius 1 is 1.20 bits per heavy atom. The fraction of sp³-hybridized carbons (Fsp3) is 0.190. The van der Waals surface area contributed by atoms with Gasteiger partial charge in [0.1, 0.15) is 19.0 Å². The van der Waals surface area contributed by atoms with Crippen LogP contribution < -0.4 is 4.74 Å². The number of amides is 1. The van der Waals surface area contributed by atoms with Crippen LogP contribution >= 0.6 is 23.2 Å². The van der Waals surface area contributed by atoms with E-state index >= 15 is 0 Å². The van der Waals surface area contributed by atoms with Gasteiger partial charge in [-0.2, -0.15) is 5.06 Å². The number of terminal acetylenes is 1. The molecule has 2 aromatic carbocycles. The van der Waals surface area contributed by atoms with Gasteiger partial charge < -0.3 is 9.57 Å². The number of oxime groups is 1. The second kappa shape index (κ2) is 11.2. The fourth-order valence-corrected chi connectivity index (χ4v) is 2.92. The van der Waals surface area contributed by atoms with Crippen LogP contribution in [0, 0.1) is 17.8 Å². The first kappa shape index (κ1) is 23.2. The number of amidine groups is 1. The Morgan fingerprint density at radius 2 is 1.83 bits per heavy atom. The highest BCUT2D eigenvalue weighted by atomic mass is 35.5. The summed E-state index contributed by atoms with van der Waals surface area (Å²) in [6.07, 6.45) is 5.27. The van der Waals surface area contributed by atoms with Crippen LogP contribution in [-0.4, -0.2) is 42.8 Å². The van der Waals surface area contributed by atoms with Crippen molar-refractivity contribution in [3.63, 3.8) is 0 Å². The molecule has 1 amide bonds. The summed E-state index contributed by atoms with van der Waals surface area (Å²) in [5, 5.41) is 13.4. The topological polar surface area (TPSA) is 84.2 Å². The highest BCUT2D eigenvalue weighted by molar-refractivity contribution is 6.48. The number of benzene rings is 2. The minimum absolute atomic E-state index is 0.107. The third-order valence-corrected chi connectivity index (χ3v) is 4.35. The van der Waals surface area contributed by atoms with E-state index in [-0.39, 0.29) is 34.5 Å². The van der Waals surface area contributed by atoms with Crippen molar-refractivity contribution in [3.8, 4) is 18.1 Å². The van der Waals surface area contributed by atoms with Gasteiger partial charge in [0.2, 0.25) is 0 Å². The average Bonchev–Trinajstić information content (AvgIpc) is 2.74. The Labute approximate surface area is 184 Å². The number of halogens is 2. The van der Waals surface area contributed by atoms with Crippen molar-refractivity contribution in [2.24, 2.45) is 5.16 Å². The zero-order valence-electron chi connectivity index (χ0n) is 16.3. The smallest absolute Gasteiger partial charge is 0.306 e. The van der Waals surface area contributed by atoms with Crippen molar-refractivity contribution in [3.05, 3.63) is 63.6 Å². The molecule has 7 nitrogen and oxygen atoms in total. The summed E-state index contributed by atoms with van der Waals surface area (Å²) in [6.45, 7) is 1.67. The molecule has 0 aromatic heterocycles. The lowest BCUT2D eigenvalue weighted by Gasteiger charge is -2.23. The Hall–Kier alpha value is -3.05. The van der Waals surface area contributed by atoms with Crippen LogP contribution in [0.1, 0.15) is 18.1 Å². The van der Waals surface area contributed by atoms with Crippen molar-refractivity contribution in [1.82, 2.24) is 5.06 Å². The Kier molecular flexibility index (Phi) is 8.69. The summed E-state index contributed by atoms with van der Waals surface area (Å²) >= 11 is 12.4. The molecule has 0 unspecified atom stereocenters. The molecule has 0 aliphatic rings. The quantitative estimate of drug-likeness (QED) is 0.285. The van der Waals surface area contributed by atoms with E-state index in [0.717, 1.165) is 0 Å². The van der Waals surface area contributed by atoms with Crippen LogP contribution in [0.5, 0.6) is 5.75 Å². The van der Waals surface area contributed by atoms with Crippen LogP contribution in [-0.2, 0) is 14.5 Å². The van der Waals surface area contributed by atoms with Crippen molar-refractivity contribution < 1.29 is 19.2 Å². The van der Waals surface area contributed by atoms with Crippen molar-refractivity contribution in [1.29, 1.82) is 5.41 Å². The van der Waals surface area contributed by atoms with E-state index in [0.29, 0.717) is 16.4 Å². The molecule has 0 atom stereocenters. The van der Waals surface area contributed by atoms with Gasteiger partial charge in [-0.15, -0.1) is 6.42 Å².